The normalized spacial score (nSPS) is 11.9. The SMILES string of the molecule is Cc1ccc2cccc(OCC(=O)N[C@@H](C)c3ccccc3)c2n1. The number of pyridine rings is 1. The molecule has 1 aromatic heterocycles. The van der Waals surface area contributed by atoms with E-state index in [9.17, 15) is 4.79 Å². The predicted molar refractivity (Wildman–Crippen MR) is 95.0 cm³/mol. The van der Waals surface area contributed by atoms with Crippen LogP contribution in [0.4, 0.5) is 0 Å². The molecular formula is C20H20N2O2. The number of amides is 1. The highest BCUT2D eigenvalue weighted by molar-refractivity contribution is 5.85. The van der Waals surface area contributed by atoms with E-state index in [4.69, 9.17) is 4.74 Å². The number of benzene rings is 2. The summed E-state index contributed by atoms with van der Waals surface area (Å²) in [5, 5.41) is 3.94. The van der Waals surface area contributed by atoms with E-state index >= 15 is 0 Å². The summed E-state index contributed by atoms with van der Waals surface area (Å²) in [7, 11) is 0. The average molecular weight is 320 g/mol. The number of hydrogen-bond donors (Lipinski definition) is 1. The fourth-order valence-electron chi connectivity index (χ4n) is 2.59. The van der Waals surface area contributed by atoms with E-state index in [1.54, 1.807) is 0 Å². The Labute approximate surface area is 141 Å². The fourth-order valence-corrected chi connectivity index (χ4v) is 2.59. The summed E-state index contributed by atoms with van der Waals surface area (Å²) in [5.41, 5.74) is 2.76. The van der Waals surface area contributed by atoms with E-state index in [2.05, 4.69) is 10.3 Å². The van der Waals surface area contributed by atoms with Crippen LogP contribution in [0, 0.1) is 6.92 Å². The van der Waals surface area contributed by atoms with Crippen LogP contribution in [0.2, 0.25) is 0 Å². The summed E-state index contributed by atoms with van der Waals surface area (Å²) < 4.78 is 5.70. The molecule has 24 heavy (non-hydrogen) atoms. The topological polar surface area (TPSA) is 51.2 Å². The Hall–Kier alpha value is -2.88. The highest BCUT2D eigenvalue weighted by Gasteiger charge is 2.11. The Morgan fingerprint density at radius 3 is 2.67 bits per heavy atom. The number of aromatic nitrogens is 1. The summed E-state index contributed by atoms with van der Waals surface area (Å²) in [6, 6.07) is 19.5. The predicted octanol–water partition coefficient (Wildman–Crippen LogP) is 3.80. The van der Waals surface area contributed by atoms with Crippen molar-refractivity contribution in [3.8, 4) is 5.75 Å². The molecule has 122 valence electrons. The highest BCUT2D eigenvalue weighted by Crippen LogP contribution is 2.23. The van der Waals surface area contributed by atoms with Crippen LogP contribution in [0.5, 0.6) is 5.75 Å². The summed E-state index contributed by atoms with van der Waals surface area (Å²) >= 11 is 0. The summed E-state index contributed by atoms with van der Waals surface area (Å²) in [6.45, 7) is 3.85. The van der Waals surface area contributed by atoms with Crippen LogP contribution < -0.4 is 10.1 Å². The molecule has 0 bridgehead atoms. The van der Waals surface area contributed by atoms with Gasteiger partial charge < -0.3 is 10.1 Å². The molecule has 0 aliphatic heterocycles. The molecule has 4 nitrogen and oxygen atoms in total. The first-order chi connectivity index (χ1) is 11.6. The number of nitrogens with one attached hydrogen (secondary N) is 1. The van der Waals surface area contributed by atoms with Gasteiger partial charge in [0.25, 0.3) is 5.91 Å². The van der Waals surface area contributed by atoms with Crippen LogP contribution in [0.15, 0.2) is 60.7 Å². The molecule has 4 heteroatoms. The number of ether oxygens (including phenoxy) is 1. The summed E-state index contributed by atoms with van der Waals surface area (Å²) in [5.74, 6) is 0.467. The van der Waals surface area contributed by atoms with E-state index in [0.717, 1.165) is 22.2 Å². The number of aryl methyl sites for hydroxylation is 1. The first-order valence-electron chi connectivity index (χ1n) is 7.97. The quantitative estimate of drug-likeness (QED) is 0.778. The Morgan fingerprint density at radius 2 is 1.88 bits per heavy atom. The van der Waals surface area contributed by atoms with Crippen molar-refractivity contribution in [2.75, 3.05) is 6.61 Å². The van der Waals surface area contributed by atoms with Crippen molar-refractivity contribution < 1.29 is 9.53 Å². The Morgan fingerprint density at radius 1 is 1.08 bits per heavy atom. The molecule has 0 fully saturated rings. The van der Waals surface area contributed by atoms with Gasteiger partial charge in [0.2, 0.25) is 0 Å². The smallest absolute Gasteiger partial charge is 0.258 e. The van der Waals surface area contributed by atoms with Gasteiger partial charge in [0, 0.05) is 11.1 Å². The minimum atomic E-state index is -0.156. The minimum Gasteiger partial charge on any atom is -0.481 e. The summed E-state index contributed by atoms with van der Waals surface area (Å²) in [6.07, 6.45) is 0. The largest absolute Gasteiger partial charge is 0.481 e. The molecule has 0 aliphatic rings. The van der Waals surface area contributed by atoms with Gasteiger partial charge in [-0.15, -0.1) is 0 Å². The van der Waals surface area contributed by atoms with Crippen molar-refractivity contribution in [1.29, 1.82) is 0 Å². The highest BCUT2D eigenvalue weighted by atomic mass is 16.5. The number of carbonyl (C=O) groups is 1. The average Bonchev–Trinajstić information content (AvgIpc) is 2.60. The van der Waals surface area contributed by atoms with Gasteiger partial charge in [-0.1, -0.05) is 48.5 Å². The van der Waals surface area contributed by atoms with E-state index < -0.39 is 0 Å². The van der Waals surface area contributed by atoms with Crippen molar-refractivity contribution in [1.82, 2.24) is 10.3 Å². The molecule has 0 saturated carbocycles. The Balaban J connectivity index is 1.65. The lowest BCUT2D eigenvalue weighted by Crippen LogP contribution is -2.31. The zero-order valence-electron chi connectivity index (χ0n) is 13.8. The van der Waals surface area contributed by atoms with Crippen LogP contribution in [0.3, 0.4) is 0 Å². The standard InChI is InChI=1S/C20H20N2O2/c1-14-11-12-17-9-6-10-18(20(17)21-14)24-13-19(23)22-15(2)16-7-4-3-5-8-16/h3-12,15H,13H2,1-2H3,(H,22,23)/t15-/m0/s1. The zero-order valence-corrected chi connectivity index (χ0v) is 13.8. The first-order valence-corrected chi connectivity index (χ1v) is 7.97. The van der Waals surface area contributed by atoms with Crippen molar-refractivity contribution in [3.63, 3.8) is 0 Å². The second-order valence-electron chi connectivity index (χ2n) is 5.77. The van der Waals surface area contributed by atoms with Crippen LogP contribution in [0.25, 0.3) is 10.9 Å². The number of para-hydroxylation sites is 1. The van der Waals surface area contributed by atoms with Gasteiger partial charge in [-0.2, -0.15) is 0 Å². The number of rotatable bonds is 5. The second-order valence-corrected chi connectivity index (χ2v) is 5.77. The molecule has 0 saturated heterocycles. The van der Waals surface area contributed by atoms with E-state index in [1.165, 1.54) is 0 Å². The molecule has 1 heterocycles. The third-order valence-electron chi connectivity index (χ3n) is 3.86. The molecule has 3 aromatic rings. The van der Waals surface area contributed by atoms with Crippen molar-refractivity contribution >= 4 is 16.8 Å². The molecule has 0 unspecified atom stereocenters. The van der Waals surface area contributed by atoms with Gasteiger partial charge in [-0.05, 0) is 31.5 Å². The van der Waals surface area contributed by atoms with Gasteiger partial charge >= 0.3 is 0 Å². The molecule has 2 aromatic carbocycles. The van der Waals surface area contributed by atoms with E-state index in [0.29, 0.717) is 5.75 Å². The van der Waals surface area contributed by atoms with Crippen molar-refractivity contribution in [2.24, 2.45) is 0 Å². The maximum absolute atomic E-state index is 12.1. The maximum Gasteiger partial charge on any atom is 0.258 e. The number of hydrogen-bond acceptors (Lipinski definition) is 3. The fraction of sp³-hybridized carbons (Fsp3) is 0.200. The van der Waals surface area contributed by atoms with Crippen LogP contribution in [-0.4, -0.2) is 17.5 Å². The lowest BCUT2D eigenvalue weighted by atomic mass is 10.1. The van der Waals surface area contributed by atoms with Gasteiger partial charge in [0.1, 0.15) is 11.3 Å². The van der Waals surface area contributed by atoms with E-state index in [-0.39, 0.29) is 18.6 Å². The lowest BCUT2D eigenvalue weighted by Gasteiger charge is -2.15. The molecule has 3 rings (SSSR count). The zero-order chi connectivity index (χ0) is 16.9. The Bertz CT molecular complexity index is 847. The third kappa shape index (κ3) is 3.71. The maximum atomic E-state index is 12.1. The van der Waals surface area contributed by atoms with Crippen LogP contribution in [-0.2, 0) is 4.79 Å². The summed E-state index contributed by atoms with van der Waals surface area (Å²) in [4.78, 5) is 16.7. The third-order valence-corrected chi connectivity index (χ3v) is 3.86. The first kappa shape index (κ1) is 16.0. The molecular weight excluding hydrogens is 300 g/mol. The van der Waals surface area contributed by atoms with E-state index in [1.807, 2.05) is 74.5 Å². The second kappa shape index (κ2) is 7.13. The molecule has 1 amide bonds. The monoisotopic (exact) mass is 320 g/mol. The Kier molecular flexibility index (Phi) is 4.75. The van der Waals surface area contributed by atoms with Crippen LogP contribution in [0.1, 0.15) is 24.2 Å². The van der Waals surface area contributed by atoms with Gasteiger partial charge in [-0.3, -0.25) is 4.79 Å². The lowest BCUT2D eigenvalue weighted by molar-refractivity contribution is -0.123. The molecule has 0 spiro atoms. The minimum absolute atomic E-state index is 0.0358. The van der Waals surface area contributed by atoms with Gasteiger partial charge in [0.15, 0.2) is 6.61 Å². The van der Waals surface area contributed by atoms with Crippen LogP contribution >= 0.6 is 0 Å². The number of fused-ring (bicyclic) bond motifs is 1. The van der Waals surface area contributed by atoms with Gasteiger partial charge in [-0.25, -0.2) is 4.98 Å². The van der Waals surface area contributed by atoms with Gasteiger partial charge in [0.05, 0.1) is 6.04 Å². The number of nitrogens with zero attached hydrogens (tertiary/aromatic N) is 1. The molecule has 1 atom stereocenters. The molecule has 0 aliphatic carbocycles. The number of carbonyl (C=O) groups excluding carboxylic acids is 1. The van der Waals surface area contributed by atoms with Crippen molar-refractivity contribution in [2.45, 2.75) is 19.9 Å². The molecule has 1 N–H and O–H groups in total. The van der Waals surface area contributed by atoms with Crippen molar-refractivity contribution in [3.05, 3.63) is 71.9 Å². The molecule has 0 radical (unpaired) electrons.